The monoisotopic (exact) mass is 301 g/mol. The molecule has 0 spiro atoms. The summed E-state index contributed by atoms with van der Waals surface area (Å²) in [5.74, 6) is -0.228. The van der Waals surface area contributed by atoms with Gasteiger partial charge in [-0.3, -0.25) is 14.6 Å². The van der Waals surface area contributed by atoms with E-state index >= 15 is 0 Å². The number of hydrogen-bond donors (Lipinski definition) is 3. The maximum atomic E-state index is 11.9. The standard InChI is InChI=1S/C16H19N3O3/c1-11-13(15(21)19-16(22)18-11)10-14(20)17-9-5-8-12-6-3-2-4-7-12/h2-4,6-7H,5,8-10H2,1H3,(H,17,20)(H2,18,19,21,22). The minimum Gasteiger partial charge on any atom is -0.356 e. The second-order valence-electron chi connectivity index (χ2n) is 5.13. The van der Waals surface area contributed by atoms with E-state index in [4.69, 9.17) is 0 Å². The SMILES string of the molecule is Cc1[nH]c(=O)[nH]c(=O)c1CC(=O)NCCCc1ccccc1. The van der Waals surface area contributed by atoms with Crippen molar-refractivity contribution in [1.29, 1.82) is 0 Å². The van der Waals surface area contributed by atoms with Crippen LogP contribution in [-0.4, -0.2) is 22.4 Å². The smallest absolute Gasteiger partial charge is 0.325 e. The first-order chi connectivity index (χ1) is 10.6. The number of rotatable bonds is 6. The normalized spacial score (nSPS) is 10.4. The van der Waals surface area contributed by atoms with Crippen molar-refractivity contribution in [2.24, 2.45) is 0 Å². The first kappa shape index (κ1) is 15.8. The number of carbonyl (C=O) groups is 1. The highest BCUT2D eigenvalue weighted by molar-refractivity contribution is 5.78. The highest BCUT2D eigenvalue weighted by Gasteiger charge is 2.10. The van der Waals surface area contributed by atoms with Gasteiger partial charge in [0.05, 0.1) is 6.42 Å². The van der Waals surface area contributed by atoms with Gasteiger partial charge in [-0.1, -0.05) is 30.3 Å². The summed E-state index contributed by atoms with van der Waals surface area (Å²) in [4.78, 5) is 39.2. The molecule has 0 saturated carbocycles. The number of aromatic amines is 2. The third-order valence-corrected chi connectivity index (χ3v) is 3.40. The molecule has 2 aromatic rings. The van der Waals surface area contributed by atoms with Crippen molar-refractivity contribution in [1.82, 2.24) is 15.3 Å². The van der Waals surface area contributed by atoms with E-state index in [1.54, 1.807) is 6.92 Å². The molecule has 0 aliphatic heterocycles. The summed E-state index contributed by atoms with van der Waals surface area (Å²) in [6, 6.07) is 10.0. The van der Waals surface area contributed by atoms with Crippen LogP contribution in [0.4, 0.5) is 0 Å². The summed E-state index contributed by atoms with van der Waals surface area (Å²) in [5, 5.41) is 2.79. The molecule has 22 heavy (non-hydrogen) atoms. The lowest BCUT2D eigenvalue weighted by molar-refractivity contribution is -0.120. The maximum absolute atomic E-state index is 11.9. The Balaban J connectivity index is 1.81. The summed E-state index contributed by atoms with van der Waals surface area (Å²) in [5.41, 5.74) is 0.869. The molecule has 0 aliphatic rings. The average Bonchev–Trinajstić information content (AvgIpc) is 2.48. The lowest BCUT2D eigenvalue weighted by Gasteiger charge is -2.06. The molecule has 0 atom stereocenters. The van der Waals surface area contributed by atoms with Gasteiger partial charge in [0.25, 0.3) is 5.56 Å². The number of benzene rings is 1. The molecule has 0 fully saturated rings. The summed E-state index contributed by atoms with van der Waals surface area (Å²) < 4.78 is 0. The van der Waals surface area contributed by atoms with E-state index in [2.05, 4.69) is 15.3 Å². The molecule has 2 rings (SSSR count). The molecule has 1 heterocycles. The molecular weight excluding hydrogens is 282 g/mol. The summed E-state index contributed by atoms with van der Waals surface area (Å²) in [6.45, 7) is 2.16. The Morgan fingerprint density at radius 3 is 2.55 bits per heavy atom. The van der Waals surface area contributed by atoms with Crippen LogP contribution in [0.5, 0.6) is 0 Å². The fourth-order valence-corrected chi connectivity index (χ4v) is 2.23. The second kappa shape index (κ2) is 7.40. The number of amides is 1. The van der Waals surface area contributed by atoms with Crippen LogP contribution in [0, 0.1) is 6.92 Å². The van der Waals surface area contributed by atoms with Crippen LogP contribution < -0.4 is 16.6 Å². The van der Waals surface area contributed by atoms with Gasteiger partial charge in [0, 0.05) is 17.8 Å². The fraction of sp³-hybridized carbons (Fsp3) is 0.312. The van der Waals surface area contributed by atoms with Crippen LogP contribution in [0.15, 0.2) is 39.9 Å². The van der Waals surface area contributed by atoms with Crippen LogP contribution in [0.1, 0.15) is 23.2 Å². The van der Waals surface area contributed by atoms with E-state index in [9.17, 15) is 14.4 Å². The molecule has 6 nitrogen and oxygen atoms in total. The average molecular weight is 301 g/mol. The van der Waals surface area contributed by atoms with Gasteiger partial charge in [-0.2, -0.15) is 0 Å². The van der Waals surface area contributed by atoms with Gasteiger partial charge in [0.15, 0.2) is 0 Å². The zero-order valence-corrected chi connectivity index (χ0v) is 12.4. The van der Waals surface area contributed by atoms with Crippen molar-refractivity contribution in [3.8, 4) is 0 Å². The highest BCUT2D eigenvalue weighted by atomic mass is 16.2. The minimum atomic E-state index is -0.561. The van der Waals surface area contributed by atoms with Crippen molar-refractivity contribution in [3.63, 3.8) is 0 Å². The number of aromatic nitrogens is 2. The molecule has 1 aromatic carbocycles. The van der Waals surface area contributed by atoms with Gasteiger partial charge in [-0.05, 0) is 25.3 Å². The van der Waals surface area contributed by atoms with E-state index in [-0.39, 0.29) is 12.3 Å². The van der Waals surface area contributed by atoms with Gasteiger partial charge >= 0.3 is 5.69 Å². The Labute approximate surface area is 127 Å². The molecule has 6 heteroatoms. The van der Waals surface area contributed by atoms with Crippen LogP contribution in [0.3, 0.4) is 0 Å². The topological polar surface area (TPSA) is 94.8 Å². The van der Waals surface area contributed by atoms with E-state index in [1.807, 2.05) is 30.3 Å². The zero-order chi connectivity index (χ0) is 15.9. The first-order valence-electron chi connectivity index (χ1n) is 7.19. The molecule has 1 amide bonds. The maximum Gasteiger partial charge on any atom is 0.325 e. The van der Waals surface area contributed by atoms with Gasteiger partial charge in [-0.15, -0.1) is 0 Å². The van der Waals surface area contributed by atoms with Crippen LogP contribution in [-0.2, 0) is 17.6 Å². The number of carbonyl (C=O) groups excluding carboxylic acids is 1. The lowest BCUT2D eigenvalue weighted by atomic mass is 10.1. The van der Waals surface area contributed by atoms with Gasteiger partial charge in [-0.25, -0.2) is 4.79 Å². The Morgan fingerprint density at radius 1 is 1.14 bits per heavy atom. The molecule has 0 aliphatic carbocycles. The molecule has 116 valence electrons. The van der Waals surface area contributed by atoms with Crippen LogP contribution in [0.25, 0.3) is 0 Å². The van der Waals surface area contributed by atoms with Crippen molar-refractivity contribution in [3.05, 3.63) is 68.0 Å². The third kappa shape index (κ3) is 4.44. The van der Waals surface area contributed by atoms with E-state index in [0.29, 0.717) is 17.8 Å². The van der Waals surface area contributed by atoms with Crippen molar-refractivity contribution in [2.75, 3.05) is 6.54 Å². The zero-order valence-electron chi connectivity index (χ0n) is 12.4. The van der Waals surface area contributed by atoms with Crippen molar-refractivity contribution < 1.29 is 4.79 Å². The third-order valence-electron chi connectivity index (χ3n) is 3.40. The van der Waals surface area contributed by atoms with E-state index < -0.39 is 11.2 Å². The minimum absolute atomic E-state index is 0.0384. The summed E-state index contributed by atoms with van der Waals surface area (Å²) >= 11 is 0. The quantitative estimate of drug-likeness (QED) is 0.684. The lowest BCUT2D eigenvalue weighted by Crippen LogP contribution is -2.32. The predicted octanol–water partition coefficient (Wildman–Crippen LogP) is 0.663. The van der Waals surface area contributed by atoms with Gasteiger partial charge < -0.3 is 10.3 Å². The molecule has 0 radical (unpaired) electrons. The Morgan fingerprint density at radius 2 is 1.86 bits per heavy atom. The Hall–Kier alpha value is -2.63. The van der Waals surface area contributed by atoms with Crippen LogP contribution in [0.2, 0.25) is 0 Å². The molecule has 1 aromatic heterocycles. The van der Waals surface area contributed by atoms with Crippen molar-refractivity contribution in [2.45, 2.75) is 26.2 Å². The Kier molecular flexibility index (Phi) is 5.30. The number of nitrogens with one attached hydrogen (secondary N) is 3. The largest absolute Gasteiger partial charge is 0.356 e. The van der Waals surface area contributed by atoms with Gasteiger partial charge in [0.1, 0.15) is 0 Å². The second-order valence-corrected chi connectivity index (χ2v) is 5.13. The number of H-pyrrole nitrogens is 2. The molecular formula is C16H19N3O3. The number of aryl methyl sites for hydroxylation is 2. The fourth-order valence-electron chi connectivity index (χ4n) is 2.23. The predicted molar refractivity (Wildman–Crippen MR) is 83.9 cm³/mol. The van der Waals surface area contributed by atoms with E-state index in [0.717, 1.165) is 12.8 Å². The number of hydrogen-bond acceptors (Lipinski definition) is 3. The summed E-state index contributed by atoms with van der Waals surface area (Å²) in [7, 11) is 0. The molecule has 0 saturated heterocycles. The Bertz CT molecular complexity index is 747. The molecule has 0 bridgehead atoms. The van der Waals surface area contributed by atoms with Crippen molar-refractivity contribution >= 4 is 5.91 Å². The molecule has 0 unspecified atom stereocenters. The first-order valence-corrected chi connectivity index (χ1v) is 7.19. The summed E-state index contributed by atoms with van der Waals surface area (Å²) in [6.07, 6.45) is 1.68. The van der Waals surface area contributed by atoms with Gasteiger partial charge in [0.2, 0.25) is 5.91 Å². The van der Waals surface area contributed by atoms with Crippen LogP contribution >= 0.6 is 0 Å². The highest BCUT2D eigenvalue weighted by Crippen LogP contribution is 2.01. The molecule has 3 N–H and O–H groups in total. The van der Waals surface area contributed by atoms with E-state index in [1.165, 1.54) is 5.56 Å².